The number of hydrogen-bond donors (Lipinski definition) is 2. The van der Waals surface area contributed by atoms with E-state index in [0.29, 0.717) is 0 Å². The van der Waals surface area contributed by atoms with Gasteiger partial charge in [0.15, 0.2) is 0 Å². The minimum absolute atomic E-state index is 0.0367. The molecule has 0 fully saturated rings. The van der Waals surface area contributed by atoms with Crippen LogP contribution in [0.1, 0.15) is 25.3 Å². The number of aliphatic hydroxyl groups excluding tert-OH is 1. The van der Waals surface area contributed by atoms with E-state index in [1.54, 1.807) is 4.90 Å². The van der Waals surface area contributed by atoms with Gasteiger partial charge in [-0.05, 0) is 37.8 Å². The maximum atomic E-state index is 12.1. The zero-order valence-electron chi connectivity index (χ0n) is 10.7. The van der Waals surface area contributed by atoms with E-state index in [1.165, 1.54) is 5.56 Å². The lowest BCUT2D eigenvalue weighted by Gasteiger charge is -2.21. The maximum absolute atomic E-state index is 12.1. The molecule has 0 aliphatic carbocycles. The Balaban J connectivity index is 1.95. The summed E-state index contributed by atoms with van der Waals surface area (Å²) in [6.07, 6.45) is 2.45. The van der Waals surface area contributed by atoms with Gasteiger partial charge < -0.3 is 10.4 Å². The third-order valence-electron chi connectivity index (χ3n) is 3.30. The summed E-state index contributed by atoms with van der Waals surface area (Å²) in [5, 5.41) is 11.7. The number of urea groups is 1. The zero-order valence-corrected chi connectivity index (χ0v) is 10.7. The van der Waals surface area contributed by atoms with Crippen LogP contribution in [0.15, 0.2) is 24.3 Å². The molecule has 2 amide bonds. The number of carbonyl (C=O) groups excluding carboxylic acids is 1. The number of anilines is 1. The molecule has 0 spiro atoms. The molecule has 0 aromatic heterocycles. The number of benzene rings is 1. The third-order valence-corrected chi connectivity index (χ3v) is 3.30. The van der Waals surface area contributed by atoms with Crippen LogP contribution < -0.4 is 10.2 Å². The van der Waals surface area contributed by atoms with Crippen LogP contribution in [0.25, 0.3) is 0 Å². The first-order valence-corrected chi connectivity index (χ1v) is 6.49. The van der Waals surface area contributed by atoms with Gasteiger partial charge in [-0.2, -0.15) is 0 Å². The number of amides is 2. The van der Waals surface area contributed by atoms with E-state index in [2.05, 4.69) is 11.4 Å². The van der Waals surface area contributed by atoms with Crippen molar-refractivity contribution in [3.63, 3.8) is 0 Å². The number of aliphatic hydroxyl groups is 1. The molecule has 0 saturated heterocycles. The molecule has 1 aromatic carbocycles. The molecule has 0 saturated carbocycles. The molecule has 1 aliphatic rings. The van der Waals surface area contributed by atoms with Gasteiger partial charge in [-0.15, -0.1) is 0 Å². The van der Waals surface area contributed by atoms with E-state index in [1.807, 2.05) is 25.1 Å². The predicted octanol–water partition coefficient (Wildman–Crippen LogP) is 1.92. The van der Waals surface area contributed by atoms with Gasteiger partial charge in [0.1, 0.15) is 0 Å². The summed E-state index contributed by atoms with van der Waals surface area (Å²) in [7, 11) is 0. The van der Waals surface area contributed by atoms with Gasteiger partial charge in [0.25, 0.3) is 0 Å². The molecule has 4 nitrogen and oxygen atoms in total. The van der Waals surface area contributed by atoms with Crippen molar-refractivity contribution >= 4 is 11.7 Å². The molecule has 1 aliphatic heterocycles. The number of rotatable bonds is 4. The van der Waals surface area contributed by atoms with Crippen LogP contribution in [-0.2, 0) is 6.42 Å². The first-order chi connectivity index (χ1) is 8.72. The highest BCUT2D eigenvalue weighted by Gasteiger charge is 2.24. The number of nitrogens with one attached hydrogen (secondary N) is 1. The fourth-order valence-electron chi connectivity index (χ4n) is 2.31. The van der Waals surface area contributed by atoms with Gasteiger partial charge in [0.2, 0.25) is 0 Å². The van der Waals surface area contributed by atoms with Crippen molar-refractivity contribution in [2.24, 2.45) is 0 Å². The Labute approximate surface area is 108 Å². The highest BCUT2D eigenvalue weighted by atomic mass is 16.3. The predicted molar refractivity (Wildman–Crippen MR) is 71.8 cm³/mol. The molecule has 1 heterocycles. The van der Waals surface area contributed by atoms with Crippen LogP contribution in [0.3, 0.4) is 0 Å². The van der Waals surface area contributed by atoms with Crippen molar-refractivity contribution in [3.8, 4) is 0 Å². The fraction of sp³-hybridized carbons (Fsp3) is 0.500. The fourth-order valence-corrected chi connectivity index (χ4v) is 2.31. The third kappa shape index (κ3) is 2.82. The van der Waals surface area contributed by atoms with Crippen LogP contribution in [0, 0.1) is 0 Å². The summed E-state index contributed by atoms with van der Waals surface area (Å²) >= 11 is 0. The largest absolute Gasteiger partial charge is 0.396 e. The van der Waals surface area contributed by atoms with Crippen molar-refractivity contribution in [1.29, 1.82) is 0 Å². The Morgan fingerprint density at radius 2 is 2.28 bits per heavy atom. The van der Waals surface area contributed by atoms with Crippen LogP contribution in [0.2, 0.25) is 0 Å². The van der Waals surface area contributed by atoms with Gasteiger partial charge in [-0.3, -0.25) is 4.90 Å². The van der Waals surface area contributed by atoms with Crippen molar-refractivity contribution < 1.29 is 9.90 Å². The molecule has 98 valence electrons. The van der Waals surface area contributed by atoms with E-state index in [4.69, 9.17) is 5.11 Å². The quantitative estimate of drug-likeness (QED) is 0.855. The number of carbonyl (C=O) groups is 1. The van der Waals surface area contributed by atoms with Gasteiger partial charge in [-0.25, -0.2) is 4.79 Å². The topological polar surface area (TPSA) is 52.6 Å². The van der Waals surface area contributed by atoms with Crippen molar-refractivity contribution in [1.82, 2.24) is 5.32 Å². The average Bonchev–Trinajstić information content (AvgIpc) is 2.80. The Morgan fingerprint density at radius 3 is 3.06 bits per heavy atom. The van der Waals surface area contributed by atoms with Crippen LogP contribution >= 0.6 is 0 Å². The number of para-hydroxylation sites is 1. The average molecular weight is 248 g/mol. The molecule has 0 radical (unpaired) electrons. The van der Waals surface area contributed by atoms with E-state index >= 15 is 0 Å². The summed E-state index contributed by atoms with van der Waals surface area (Å²) < 4.78 is 0. The number of nitrogens with zero attached hydrogens (tertiary/aromatic N) is 1. The lowest BCUT2D eigenvalue weighted by atomic mass is 10.2. The second kappa shape index (κ2) is 5.87. The van der Waals surface area contributed by atoms with Gasteiger partial charge in [0, 0.05) is 24.9 Å². The molecule has 1 aromatic rings. The van der Waals surface area contributed by atoms with Gasteiger partial charge in [-0.1, -0.05) is 18.2 Å². The Kier molecular flexibility index (Phi) is 4.20. The normalized spacial score (nSPS) is 15.3. The lowest BCUT2D eigenvalue weighted by molar-refractivity contribution is 0.240. The number of hydrogen-bond acceptors (Lipinski definition) is 2. The molecule has 1 atom stereocenters. The second-order valence-electron chi connectivity index (χ2n) is 4.75. The molecule has 1 unspecified atom stereocenters. The monoisotopic (exact) mass is 248 g/mol. The van der Waals surface area contributed by atoms with E-state index in [0.717, 1.165) is 31.5 Å². The minimum atomic E-state index is -0.0367. The molecular formula is C14H20N2O2. The number of fused-ring (bicyclic) bond motifs is 1. The summed E-state index contributed by atoms with van der Waals surface area (Å²) in [5.74, 6) is 0. The summed E-state index contributed by atoms with van der Waals surface area (Å²) in [4.78, 5) is 13.9. The lowest BCUT2D eigenvalue weighted by Crippen LogP contribution is -2.43. The van der Waals surface area contributed by atoms with E-state index in [9.17, 15) is 4.79 Å². The first-order valence-electron chi connectivity index (χ1n) is 6.49. The second-order valence-corrected chi connectivity index (χ2v) is 4.75. The van der Waals surface area contributed by atoms with E-state index < -0.39 is 0 Å². The summed E-state index contributed by atoms with van der Waals surface area (Å²) in [5.41, 5.74) is 2.25. The maximum Gasteiger partial charge on any atom is 0.322 e. The molecule has 2 rings (SSSR count). The molecule has 4 heteroatoms. The Morgan fingerprint density at radius 1 is 1.50 bits per heavy atom. The SMILES string of the molecule is CC(CCCO)NC(=O)N1CCc2ccccc21. The highest BCUT2D eigenvalue weighted by Crippen LogP contribution is 2.27. The van der Waals surface area contributed by atoms with Crippen molar-refractivity contribution in [3.05, 3.63) is 29.8 Å². The molecule has 0 bridgehead atoms. The molecule has 2 N–H and O–H groups in total. The van der Waals surface area contributed by atoms with Crippen LogP contribution in [0.4, 0.5) is 10.5 Å². The van der Waals surface area contributed by atoms with Gasteiger partial charge in [0.05, 0.1) is 0 Å². The molecular weight excluding hydrogens is 228 g/mol. The van der Waals surface area contributed by atoms with Crippen LogP contribution in [-0.4, -0.2) is 30.3 Å². The van der Waals surface area contributed by atoms with Gasteiger partial charge >= 0.3 is 6.03 Å². The van der Waals surface area contributed by atoms with Crippen molar-refractivity contribution in [2.45, 2.75) is 32.2 Å². The summed E-state index contributed by atoms with van der Waals surface area (Å²) in [6, 6.07) is 8.07. The standard InChI is InChI=1S/C14H20N2O2/c1-11(5-4-10-17)15-14(18)16-9-8-12-6-2-3-7-13(12)16/h2-3,6-7,11,17H,4-5,8-10H2,1H3,(H,15,18). The smallest absolute Gasteiger partial charge is 0.322 e. The molecule has 18 heavy (non-hydrogen) atoms. The van der Waals surface area contributed by atoms with E-state index in [-0.39, 0.29) is 18.7 Å². The zero-order chi connectivity index (χ0) is 13.0. The van der Waals surface area contributed by atoms with Crippen LogP contribution in [0.5, 0.6) is 0 Å². The Bertz CT molecular complexity index is 420. The Hall–Kier alpha value is -1.55. The summed E-state index contributed by atoms with van der Waals surface area (Å²) in [6.45, 7) is 2.89. The minimum Gasteiger partial charge on any atom is -0.396 e. The first kappa shape index (κ1) is 12.9. The highest BCUT2D eigenvalue weighted by molar-refractivity contribution is 5.94. The van der Waals surface area contributed by atoms with Crippen molar-refractivity contribution in [2.75, 3.05) is 18.1 Å².